The molecule has 0 saturated carbocycles. The van der Waals surface area contributed by atoms with E-state index < -0.39 is 6.09 Å². The lowest BCUT2D eigenvalue weighted by atomic mass is 9.96. The second-order valence-electron chi connectivity index (χ2n) is 9.22. The zero-order chi connectivity index (χ0) is 25.9. The summed E-state index contributed by atoms with van der Waals surface area (Å²) in [6.45, 7) is 1.60. The fourth-order valence-electron chi connectivity index (χ4n) is 4.86. The standard InChI is InChI=1S/C27H27ClN4O5/c28-20-8-4-5-9-22(20)32-26(34)25-21(29-32)14-24(33)31(15-18-10-12-30(13-11-18)27(35)36)23(25)17-37-16-19-6-2-1-3-7-19/h1-9,14,18,29H,10-13,15-17H2,(H,35,36). The van der Waals surface area contributed by atoms with Crippen LogP contribution < -0.4 is 11.1 Å². The number of rotatable bonds is 7. The lowest BCUT2D eigenvalue weighted by Gasteiger charge is -2.30. The summed E-state index contributed by atoms with van der Waals surface area (Å²) in [5, 5.41) is 13.1. The zero-order valence-electron chi connectivity index (χ0n) is 20.1. The van der Waals surface area contributed by atoms with Crippen molar-refractivity contribution in [1.29, 1.82) is 0 Å². The zero-order valence-corrected chi connectivity index (χ0v) is 20.9. The van der Waals surface area contributed by atoms with E-state index in [0.29, 0.717) is 66.4 Å². The molecule has 1 saturated heterocycles. The van der Waals surface area contributed by atoms with E-state index in [-0.39, 0.29) is 23.6 Å². The van der Waals surface area contributed by atoms with Gasteiger partial charge in [-0.2, -0.15) is 0 Å². The second kappa shape index (κ2) is 10.7. The Morgan fingerprint density at radius 3 is 2.43 bits per heavy atom. The number of nitrogens with zero attached hydrogens (tertiary/aromatic N) is 3. The molecule has 1 aliphatic heterocycles. The molecule has 9 nitrogen and oxygen atoms in total. The maximum atomic E-state index is 13.6. The van der Waals surface area contributed by atoms with E-state index in [1.807, 2.05) is 30.3 Å². The summed E-state index contributed by atoms with van der Waals surface area (Å²) in [6.07, 6.45) is 0.343. The summed E-state index contributed by atoms with van der Waals surface area (Å²) in [6, 6.07) is 18.1. The molecule has 2 N–H and O–H groups in total. The summed E-state index contributed by atoms with van der Waals surface area (Å²) < 4.78 is 8.97. The normalized spacial score (nSPS) is 14.4. The Morgan fingerprint density at radius 1 is 1.03 bits per heavy atom. The SMILES string of the molecule is O=C(O)N1CCC(Cn2c(COCc3ccccc3)c3c(=O)n(-c4ccccc4Cl)[nH]c3cc2=O)CC1. The van der Waals surface area contributed by atoms with E-state index in [1.165, 1.54) is 15.6 Å². The quantitative estimate of drug-likeness (QED) is 0.377. The van der Waals surface area contributed by atoms with Crippen molar-refractivity contribution in [3.63, 3.8) is 0 Å². The summed E-state index contributed by atoms with van der Waals surface area (Å²) in [7, 11) is 0. The van der Waals surface area contributed by atoms with Crippen molar-refractivity contribution in [2.45, 2.75) is 32.6 Å². The van der Waals surface area contributed by atoms with E-state index >= 15 is 0 Å². The highest BCUT2D eigenvalue weighted by atomic mass is 35.5. The van der Waals surface area contributed by atoms with Crippen molar-refractivity contribution in [2.24, 2.45) is 5.92 Å². The fourth-order valence-corrected chi connectivity index (χ4v) is 5.08. The molecule has 0 atom stereocenters. The second-order valence-corrected chi connectivity index (χ2v) is 9.63. The highest BCUT2D eigenvalue weighted by Gasteiger charge is 2.25. The molecular weight excluding hydrogens is 496 g/mol. The number of H-pyrrole nitrogens is 1. The number of nitrogens with one attached hydrogen (secondary N) is 1. The van der Waals surface area contributed by atoms with Crippen LogP contribution in [-0.4, -0.2) is 43.5 Å². The summed E-state index contributed by atoms with van der Waals surface area (Å²) in [4.78, 5) is 39.6. The maximum absolute atomic E-state index is 13.6. The van der Waals surface area contributed by atoms with Gasteiger partial charge in [-0.25, -0.2) is 9.48 Å². The first-order valence-electron chi connectivity index (χ1n) is 12.1. The molecule has 10 heteroatoms. The third-order valence-electron chi connectivity index (χ3n) is 6.84. The molecule has 0 radical (unpaired) electrons. The van der Waals surface area contributed by atoms with Gasteiger partial charge in [-0.3, -0.25) is 14.7 Å². The van der Waals surface area contributed by atoms with Crippen LogP contribution in [0, 0.1) is 5.92 Å². The Kier molecular flexibility index (Phi) is 7.16. The summed E-state index contributed by atoms with van der Waals surface area (Å²) in [5.41, 5.74) is 1.79. The number of hydrogen-bond acceptors (Lipinski definition) is 4. The van der Waals surface area contributed by atoms with Crippen LogP contribution in [0.1, 0.15) is 24.1 Å². The number of pyridine rings is 1. The number of piperidine rings is 1. The molecule has 37 heavy (non-hydrogen) atoms. The van der Waals surface area contributed by atoms with Crippen LogP contribution in [-0.2, 0) is 24.5 Å². The molecule has 0 aliphatic carbocycles. The number of fused-ring (bicyclic) bond motifs is 1. The number of aromatic amines is 1. The Hall–Kier alpha value is -3.82. The van der Waals surface area contributed by atoms with Crippen LogP contribution in [0.4, 0.5) is 4.79 Å². The number of aromatic nitrogens is 3. The lowest BCUT2D eigenvalue weighted by molar-refractivity contribution is 0.0995. The Bertz CT molecular complexity index is 1530. The van der Waals surface area contributed by atoms with E-state index in [9.17, 15) is 19.5 Å². The van der Waals surface area contributed by atoms with Gasteiger partial charge >= 0.3 is 6.09 Å². The number of halogens is 1. The number of likely N-dealkylation sites (tertiary alicyclic amines) is 1. The average molecular weight is 523 g/mol. The Morgan fingerprint density at radius 2 is 1.73 bits per heavy atom. The summed E-state index contributed by atoms with van der Waals surface area (Å²) >= 11 is 6.36. The molecule has 2 aromatic heterocycles. The van der Waals surface area contributed by atoms with Gasteiger partial charge in [0.15, 0.2) is 0 Å². The minimum absolute atomic E-state index is 0.0606. The predicted molar refractivity (Wildman–Crippen MR) is 140 cm³/mol. The van der Waals surface area contributed by atoms with Crippen molar-refractivity contribution >= 4 is 28.6 Å². The van der Waals surface area contributed by atoms with Crippen LogP contribution >= 0.6 is 11.6 Å². The van der Waals surface area contributed by atoms with Gasteiger partial charge in [0.2, 0.25) is 0 Å². The molecule has 0 spiro atoms. The number of hydrogen-bond donors (Lipinski definition) is 2. The lowest BCUT2D eigenvalue weighted by Crippen LogP contribution is -2.39. The number of carboxylic acid groups (broad SMARTS) is 1. The van der Waals surface area contributed by atoms with Gasteiger partial charge in [-0.15, -0.1) is 0 Å². The predicted octanol–water partition coefficient (Wildman–Crippen LogP) is 4.24. The smallest absolute Gasteiger partial charge is 0.407 e. The average Bonchev–Trinajstić information content (AvgIpc) is 3.22. The van der Waals surface area contributed by atoms with E-state index in [0.717, 1.165) is 5.56 Å². The third-order valence-corrected chi connectivity index (χ3v) is 7.16. The molecular formula is C27H27ClN4O5. The largest absolute Gasteiger partial charge is 0.465 e. The molecule has 192 valence electrons. The summed E-state index contributed by atoms with van der Waals surface area (Å²) in [5.74, 6) is 0.100. The maximum Gasteiger partial charge on any atom is 0.407 e. The number of ether oxygens (including phenoxy) is 1. The fraction of sp³-hybridized carbons (Fsp3) is 0.296. The van der Waals surface area contributed by atoms with Gasteiger partial charge in [0.25, 0.3) is 11.1 Å². The third kappa shape index (κ3) is 5.19. The molecule has 1 fully saturated rings. The minimum atomic E-state index is -0.931. The first-order valence-corrected chi connectivity index (χ1v) is 12.5. The minimum Gasteiger partial charge on any atom is -0.465 e. The van der Waals surface area contributed by atoms with Crippen LogP contribution in [0.3, 0.4) is 0 Å². The molecule has 0 unspecified atom stereocenters. The molecule has 0 bridgehead atoms. The van der Waals surface area contributed by atoms with Crippen LogP contribution in [0.2, 0.25) is 5.02 Å². The molecule has 5 rings (SSSR count). The van der Waals surface area contributed by atoms with E-state index in [4.69, 9.17) is 16.3 Å². The number of amides is 1. The van der Waals surface area contributed by atoms with Gasteiger partial charge in [-0.05, 0) is 36.5 Å². The highest BCUT2D eigenvalue weighted by Crippen LogP contribution is 2.23. The number of para-hydroxylation sites is 1. The van der Waals surface area contributed by atoms with Crippen LogP contribution in [0.25, 0.3) is 16.6 Å². The van der Waals surface area contributed by atoms with Crippen molar-refractivity contribution < 1.29 is 14.6 Å². The van der Waals surface area contributed by atoms with Gasteiger partial charge in [-0.1, -0.05) is 54.1 Å². The number of benzene rings is 2. The molecule has 1 amide bonds. The van der Waals surface area contributed by atoms with E-state index in [2.05, 4.69) is 5.10 Å². The topological polar surface area (TPSA) is 110 Å². The Labute approximate surface area is 217 Å². The van der Waals surface area contributed by atoms with Crippen LogP contribution in [0.5, 0.6) is 0 Å². The molecule has 4 aromatic rings. The first-order chi connectivity index (χ1) is 17.9. The van der Waals surface area contributed by atoms with Crippen molar-refractivity contribution in [1.82, 2.24) is 19.2 Å². The number of carbonyl (C=O) groups is 1. The molecule has 3 heterocycles. The Balaban J connectivity index is 1.53. The van der Waals surface area contributed by atoms with Crippen molar-refractivity contribution in [3.05, 3.63) is 97.7 Å². The first kappa shape index (κ1) is 24.9. The van der Waals surface area contributed by atoms with Gasteiger partial charge in [0, 0.05) is 25.7 Å². The van der Waals surface area contributed by atoms with Gasteiger partial charge < -0.3 is 19.3 Å². The van der Waals surface area contributed by atoms with Crippen molar-refractivity contribution in [2.75, 3.05) is 13.1 Å². The van der Waals surface area contributed by atoms with Crippen molar-refractivity contribution in [3.8, 4) is 5.69 Å². The van der Waals surface area contributed by atoms with Crippen LogP contribution in [0.15, 0.2) is 70.3 Å². The van der Waals surface area contributed by atoms with Gasteiger partial charge in [0.1, 0.15) is 0 Å². The van der Waals surface area contributed by atoms with E-state index in [1.54, 1.807) is 28.8 Å². The molecule has 2 aromatic carbocycles. The monoisotopic (exact) mass is 522 g/mol. The highest BCUT2D eigenvalue weighted by molar-refractivity contribution is 6.32. The molecule has 1 aliphatic rings. The van der Waals surface area contributed by atoms with Gasteiger partial charge in [0.05, 0.1) is 40.5 Å².